The van der Waals surface area contributed by atoms with Gasteiger partial charge in [0.15, 0.2) is 5.65 Å². The number of aromatic nitrogens is 3. The van der Waals surface area contributed by atoms with Crippen LogP contribution < -0.4 is 15.4 Å². The maximum Gasteiger partial charge on any atom is 0.247 e. The van der Waals surface area contributed by atoms with Gasteiger partial charge >= 0.3 is 0 Å². The molecule has 30 heavy (non-hydrogen) atoms. The fourth-order valence-corrected chi connectivity index (χ4v) is 3.12. The summed E-state index contributed by atoms with van der Waals surface area (Å²) >= 11 is 0. The summed E-state index contributed by atoms with van der Waals surface area (Å²) in [6.07, 6.45) is 0.0184. The average molecular weight is 403 g/mol. The minimum atomic E-state index is 0.0184. The summed E-state index contributed by atoms with van der Waals surface area (Å²) < 4.78 is 12.3. The lowest BCUT2D eigenvalue weighted by Crippen LogP contribution is -2.26. The van der Waals surface area contributed by atoms with E-state index in [2.05, 4.69) is 32.8 Å². The molecule has 0 bridgehead atoms. The molecule has 0 radical (unpaired) electrons. The van der Waals surface area contributed by atoms with Gasteiger partial charge in [-0.15, -0.1) is 5.10 Å². The topological polar surface area (TPSA) is 72.7 Å². The van der Waals surface area contributed by atoms with Crippen molar-refractivity contribution in [1.82, 2.24) is 19.9 Å². The first-order valence-electron chi connectivity index (χ1n) is 9.78. The van der Waals surface area contributed by atoms with E-state index in [-0.39, 0.29) is 6.23 Å². The Morgan fingerprint density at radius 3 is 2.43 bits per heavy atom. The molecule has 0 saturated heterocycles. The summed E-state index contributed by atoms with van der Waals surface area (Å²) in [6, 6.07) is 22.0. The number of pyridine rings is 1. The van der Waals surface area contributed by atoms with E-state index in [1.807, 2.05) is 66.0 Å². The highest BCUT2D eigenvalue weighted by Crippen LogP contribution is 2.24. The lowest BCUT2D eigenvalue weighted by molar-refractivity contribution is 0.0879. The Morgan fingerprint density at radius 2 is 1.73 bits per heavy atom. The lowest BCUT2D eigenvalue weighted by atomic mass is 10.1. The number of ether oxygens (including phenoxy) is 2. The monoisotopic (exact) mass is 403 g/mol. The number of benzene rings is 2. The largest absolute Gasteiger partial charge is 0.497 e. The zero-order chi connectivity index (χ0) is 20.9. The fraction of sp³-hybridized carbons (Fsp3) is 0.217. The molecule has 154 valence electrons. The van der Waals surface area contributed by atoms with Gasteiger partial charge in [-0.1, -0.05) is 18.2 Å². The number of fused-ring (bicyclic) bond motifs is 1. The molecule has 0 aliphatic rings. The van der Waals surface area contributed by atoms with Crippen LogP contribution in [0.15, 0.2) is 66.7 Å². The fourth-order valence-electron chi connectivity index (χ4n) is 3.12. The van der Waals surface area contributed by atoms with Crippen LogP contribution in [-0.2, 0) is 11.3 Å². The second kappa shape index (κ2) is 8.94. The molecule has 0 fully saturated rings. The van der Waals surface area contributed by atoms with E-state index in [1.165, 1.54) is 5.56 Å². The van der Waals surface area contributed by atoms with Crippen molar-refractivity contribution < 1.29 is 9.47 Å². The Labute approximate surface area is 175 Å². The Morgan fingerprint density at radius 1 is 0.967 bits per heavy atom. The summed E-state index contributed by atoms with van der Waals surface area (Å²) in [5, 5.41) is 11.2. The molecule has 2 aromatic carbocycles. The molecule has 0 saturated carbocycles. The van der Waals surface area contributed by atoms with Crippen molar-refractivity contribution in [2.75, 3.05) is 19.5 Å². The van der Waals surface area contributed by atoms with Crippen LogP contribution in [0.5, 0.6) is 5.75 Å². The van der Waals surface area contributed by atoms with Gasteiger partial charge in [-0.25, -0.2) is 4.52 Å². The van der Waals surface area contributed by atoms with Crippen molar-refractivity contribution in [3.8, 4) is 17.0 Å². The average Bonchev–Trinajstić information content (AvgIpc) is 3.21. The van der Waals surface area contributed by atoms with Crippen LogP contribution in [0, 0.1) is 0 Å². The van der Waals surface area contributed by atoms with Gasteiger partial charge in [-0.2, -0.15) is 4.98 Å². The lowest BCUT2D eigenvalue weighted by Gasteiger charge is -2.11. The first-order chi connectivity index (χ1) is 14.7. The standard InChI is InChI=1S/C23H25N5O2/c1-16(29-2)24-15-17-7-11-19(12-8-17)25-23-26-22-6-4-5-21(28(22)27-23)18-9-13-20(30-3)14-10-18/h4-14,16,24H,15H2,1-3H3,(H,25,27). The minimum absolute atomic E-state index is 0.0184. The molecular formula is C23H25N5O2. The number of nitrogens with zero attached hydrogens (tertiary/aromatic N) is 3. The zero-order valence-electron chi connectivity index (χ0n) is 17.3. The van der Waals surface area contributed by atoms with Crippen molar-refractivity contribution in [3.63, 3.8) is 0 Å². The maximum absolute atomic E-state index is 5.25. The van der Waals surface area contributed by atoms with Crippen molar-refractivity contribution in [3.05, 3.63) is 72.3 Å². The van der Waals surface area contributed by atoms with E-state index in [4.69, 9.17) is 9.47 Å². The van der Waals surface area contributed by atoms with E-state index in [9.17, 15) is 0 Å². The SMILES string of the molecule is COc1ccc(-c2cccc3nc(Nc4ccc(CNC(C)OC)cc4)nn23)cc1. The van der Waals surface area contributed by atoms with Gasteiger partial charge in [-0.3, -0.25) is 5.32 Å². The maximum atomic E-state index is 5.25. The van der Waals surface area contributed by atoms with Gasteiger partial charge in [0.05, 0.1) is 12.8 Å². The van der Waals surface area contributed by atoms with E-state index in [1.54, 1.807) is 14.2 Å². The van der Waals surface area contributed by atoms with Gasteiger partial charge < -0.3 is 14.8 Å². The Kier molecular flexibility index (Phi) is 5.92. The summed E-state index contributed by atoms with van der Waals surface area (Å²) in [5.74, 6) is 1.37. The number of hydrogen-bond donors (Lipinski definition) is 2. The first kappa shape index (κ1) is 19.9. The molecule has 0 aliphatic carbocycles. The molecule has 7 heteroatoms. The Bertz CT molecular complexity index is 1110. The number of nitrogens with one attached hydrogen (secondary N) is 2. The number of hydrogen-bond acceptors (Lipinski definition) is 6. The molecule has 1 atom stereocenters. The van der Waals surface area contributed by atoms with Gasteiger partial charge in [0.25, 0.3) is 0 Å². The third-order valence-corrected chi connectivity index (χ3v) is 4.90. The Hall–Kier alpha value is -3.42. The molecule has 0 spiro atoms. The molecule has 1 unspecified atom stereocenters. The molecule has 2 N–H and O–H groups in total. The summed E-state index contributed by atoms with van der Waals surface area (Å²) in [6.45, 7) is 2.72. The molecule has 2 heterocycles. The van der Waals surface area contributed by atoms with Crippen molar-refractivity contribution in [2.24, 2.45) is 0 Å². The van der Waals surface area contributed by atoms with E-state index < -0.39 is 0 Å². The highest BCUT2D eigenvalue weighted by atomic mass is 16.5. The minimum Gasteiger partial charge on any atom is -0.497 e. The van der Waals surface area contributed by atoms with Crippen LogP contribution >= 0.6 is 0 Å². The third kappa shape index (κ3) is 4.42. The van der Waals surface area contributed by atoms with E-state index >= 15 is 0 Å². The summed E-state index contributed by atoms with van der Waals surface area (Å²) in [7, 11) is 3.35. The highest BCUT2D eigenvalue weighted by molar-refractivity contribution is 5.65. The molecule has 0 amide bonds. The van der Waals surface area contributed by atoms with Crippen LogP contribution in [0.2, 0.25) is 0 Å². The molecule has 4 aromatic rings. The summed E-state index contributed by atoms with van der Waals surface area (Å²) in [5.41, 5.74) is 4.89. The van der Waals surface area contributed by atoms with E-state index in [0.717, 1.165) is 34.9 Å². The molecule has 0 aliphatic heterocycles. The molecular weight excluding hydrogens is 378 g/mol. The second-order valence-electron chi connectivity index (χ2n) is 6.93. The summed E-state index contributed by atoms with van der Waals surface area (Å²) in [4.78, 5) is 4.61. The quantitative estimate of drug-likeness (QED) is 0.429. The zero-order valence-corrected chi connectivity index (χ0v) is 17.3. The van der Waals surface area contributed by atoms with E-state index in [0.29, 0.717) is 5.95 Å². The predicted octanol–water partition coefficient (Wildman–Crippen LogP) is 4.23. The normalized spacial score (nSPS) is 12.1. The molecule has 4 rings (SSSR count). The van der Waals surface area contributed by atoms with Crippen LogP contribution in [0.3, 0.4) is 0 Å². The van der Waals surface area contributed by atoms with Crippen molar-refractivity contribution >= 4 is 17.3 Å². The highest BCUT2D eigenvalue weighted by Gasteiger charge is 2.09. The number of rotatable bonds is 8. The van der Waals surface area contributed by atoms with Crippen LogP contribution in [-0.4, -0.2) is 35.0 Å². The first-order valence-corrected chi connectivity index (χ1v) is 9.78. The van der Waals surface area contributed by atoms with Gasteiger partial charge in [0.1, 0.15) is 12.0 Å². The predicted molar refractivity (Wildman–Crippen MR) is 118 cm³/mol. The second-order valence-corrected chi connectivity index (χ2v) is 6.93. The number of anilines is 2. The van der Waals surface area contributed by atoms with Crippen LogP contribution in [0.4, 0.5) is 11.6 Å². The smallest absolute Gasteiger partial charge is 0.247 e. The van der Waals surface area contributed by atoms with Crippen LogP contribution in [0.25, 0.3) is 16.9 Å². The van der Waals surface area contributed by atoms with Crippen molar-refractivity contribution in [2.45, 2.75) is 19.7 Å². The van der Waals surface area contributed by atoms with Gasteiger partial charge in [-0.05, 0) is 61.0 Å². The number of methoxy groups -OCH3 is 2. The Balaban J connectivity index is 1.52. The molecule has 2 aromatic heterocycles. The van der Waals surface area contributed by atoms with Crippen LogP contribution in [0.1, 0.15) is 12.5 Å². The molecule has 7 nitrogen and oxygen atoms in total. The van der Waals surface area contributed by atoms with Gasteiger partial charge in [0.2, 0.25) is 5.95 Å². The third-order valence-electron chi connectivity index (χ3n) is 4.90. The van der Waals surface area contributed by atoms with Crippen molar-refractivity contribution in [1.29, 1.82) is 0 Å². The van der Waals surface area contributed by atoms with Gasteiger partial charge in [0, 0.05) is 24.9 Å².